The molecule has 0 spiro atoms. The average molecular weight is 161 g/mol. The molecule has 0 aliphatic heterocycles. The Kier molecular flexibility index (Phi) is 1.55. The van der Waals surface area contributed by atoms with Crippen LogP contribution in [0.3, 0.4) is 0 Å². The largest absolute Gasteiger partial charge is 0.471 e. The van der Waals surface area contributed by atoms with Gasteiger partial charge in [0.15, 0.2) is 0 Å². The number of hydrogen-bond donors (Lipinski definition) is 1. The normalized spacial score (nSPS) is 11.3. The van der Waals surface area contributed by atoms with Gasteiger partial charge in [-0.3, -0.25) is 0 Å². The standard InChI is InChI=1S/C9H7NO2/c11-10-4-7-1-2-8-5-12-6-9(8)3-7/h1-6,11H. The highest BCUT2D eigenvalue weighted by Gasteiger charge is 1.95. The molecule has 1 N–H and O–H groups in total. The number of rotatable bonds is 1. The lowest BCUT2D eigenvalue weighted by molar-refractivity contribution is 0.322. The minimum Gasteiger partial charge on any atom is -0.471 e. The predicted molar refractivity (Wildman–Crippen MR) is 45.6 cm³/mol. The molecule has 60 valence electrons. The fourth-order valence-corrected chi connectivity index (χ4v) is 1.13. The summed E-state index contributed by atoms with van der Waals surface area (Å²) in [4.78, 5) is 0. The van der Waals surface area contributed by atoms with Crippen molar-refractivity contribution in [3.63, 3.8) is 0 Å². The Labute approximate surface area is 68.9 Å². The number of furan rings is 1. The molecule has 0 radical (unpaired) electrons. The van der Waals surface area contributed by atoms with Crippen molar-refractivity contribution in [1.82, 2.24) is 0 Å². The molecule has 0 saturated carbocycles. The lowest BCUT2D eigenvalue weighted by Gasteiger charge is -1.90. The molecule has 12 heavy (non-hydrogen) atoms. The maximum absolute atomic E-state index is 8.29. The van der Waals surface area contributed by atoms with E-state index in [-0.39, 0.29) is 0 Å². The zero-order chi connectivity index (χ0) is 8.39. The summed E-state index contributed by atoms with van der Waals surface area (Å²) in [6.45, 7) is 0. The van der Waals surface area contributed by atoms with E-state index < -0.39 is 0 Å². The second-order valence-electron chi connectivity index (χ2n) is 2.50. The third kappa shape index (κ3) is 1.05. The zero-order valence-corrected chi connectivity index (χ0v) is 6.27. The highest BCUT2D eigenvalue weighted by atomic mass is 16.4. The van der Waals surface area contributed by atoms with Crippen molar-refractivity contribution in [2.24, 2.45) is 5.16 Å². The Morgan fingerprint density at radius 2 is 2.08 bits per heavy atom. The van der Waals surface area contributed by atoms with Gasteiger partial charge in [0.25, 0.3) is 0 Å². The molecular formula is C9H7NO2. The smallest absolute Gasteiger partial charge is 0.0981 e. The fraction of sp³-hybridized carbons (Fsp3) is 0. The fourth-order valence-electron chi connectivity index (χ4n) is 1.13. The SMILES string of the molecule is ON=Cc1ccc2cocc2c1. The highest BCUT2D eigenvalue weighted by Crippen LogP contribution is 2.15. The molecule has 0 amide bonds. The number of nitrogens with zero attached hydrogens (tertiary/aromatic N) is 1. The van der Waals surface area contributed by atoms with Crippen LogP contribution in [0.1, 0.15) is 5.56 Å². The van der Waals surface area contributed by atoms with E-state index in [0.717, 1.165) is 16.3 Å². The summed E-state index contributed by atoms with van der Waals surface area (Å²) in [6, 6.07) is 5.66. The summed E-state index contributed by atoms with van der Waals surface area (Å²) in [7, 11) is 0. The monoisotopic (exact) mass is 161 g/mol. The van der Waals surface area contributed by atoms with Gasteiger partial charge in [-0.2, -0.15) is 0 Å². The van der Waals surface area contributed by atoms with Crippen LogP contribution in [0.2, 0.25) is 0 Å². The molecule has 2 rings (SSSR count). The highest BCUT2D eigenvalue weighted by molar-refractivity contribution is 5.89. The van der Waals surface area contributed by atoms with Crippen molar-refractivity contribution in [2.75, 3.05) is 0 Å². The summed E-state index contributed by atoms with van der Waals surface area (Å²) >= 11 is 0. The van der Waals surface area contributed by atoms with E-state index in [0.29, 0.717) is 0 Å². The molecule has 2 aromatic rings. The predicted octanol–water partition coefficient (Wildman–Crippen LogP) is 2.24. The molecule has 1 heterocycles. The maximum atomic E-state index is 8.29. The summed E-state index contributed by atoms with van der Waals surface area (Å²) in [6.07, 6.45) is 4.71. The van der Waals surface area contributed by atoms with Gasteiger partial charge in [-0.1, -0.05) is 17.3 Å². The van der Waals surface area contributed by atoms with E-state index >= 15 is 0 Å². The lowest BCUT2D eigenvalue weighted by Crippen LogP contribution is -1.78. The van der Waals surface area contributed by atoms with Crippen molar-refractivity contribution >= 4 is 17.0 Å². The topological polar surface area (TPSA) is 45.7 Å². The van der Waals surface area contributed by atoms with Crippen LogP contribution in [0.25, 0.3) is 10.8 Å². The Morgan fingerprint density at radius 1 is 1.25 bits per heavy atom. The molecule has 3 nitrogen and oxygen atoms in total. The third-order valence-electron chi connectivity index (χ3n) is 1.71. The molecule has 0 aliphatic carbocycles. The number of benzene rings is 1. The Hall–Kier alpha value is -1.77. The molecule has 3 heteroatoms. The maximum Gasteiger partial charge on any atom is 0.0981 e. The molecule has 0 saturated heterocycles. The summed E-state index contributed by atoms with van der Waals surface area (Å²) in [5, 5.41) is 13.3. The Morgan fingerprint density at radius 3 is 2.92 bits per heavy atom. The van der Waals surface area contributed by atoms with Gasteiger partial charge in [-0.05, 0) is 11.6 Å². The van der Waals surface area contributed by atoms with E-state index in [1.165, 1.54) is 6.21 Å². The van der Waals surface area contributed by atoms with Crippen LogP contribution in [0.4, 0.5) is 0 Å². The minimum absolute atomic E-state index is 0.853. The first-order valence-corrected chi connectivity index (χ1v) is 3.53. The molecule has 0 fully saturated rings. The first kappa shape index (κ1) is 6.91. The van der Waals surface area contributed by atoms with Crippen molar-refractivity contribution in [3.8, 4) is 0 Å². The van der Waals surface area contributed by atoms with Crippen molar-refractivity contribution < 1.29 is 9.62 Å². The van der Waals surface area contributed by atoms with E-state index in [1.54, 1.807) is 12.5 Å². The molecule has 0 unspecified atom stereocenters. The summed E-state index contributed by atoms with van der Waals surface area (Å²) in [5.41, 5.74) is 0.853. The van der Waals surface area contributed by atoms with Gasteiger partial charge in [-0.15, -0.1) is 0 Å². The van der Waals surface area contributed by atoms with Crippen LogP contribution in [0.15, 0.2) is 40.3 Å². The lowest BCUT2D eigenvalue weighted by atomic mass is 10.1. The van der Waals surface area contributed by atoms with Gasteiger partial charge in [0.1, 0.15) is 0 Å². The molecular weight excluding hydrogens is 154 g/mol. The third-order valence-corrected chi connectivity index (χ3v) is 1.71. The van der Waals surface area contributed by atoms with Gasteiger partial charge in [0, 0.05) is 10.8 Å². The van der Waals surface area contributed by atoms with Crippen molar-refractivity contribution in [3.05, 3.63) is 36.3 Å². The van der Waals surface area contributed by atoms with E-state index in [4.69, 9.17) is 9.62 Å². The average Bonchev–Trinajstić information content (AvgIpc) is 2.51. The van der Waals surface area contributed by atoms with Crippen LogP contribution < -0.4 is 0 Å². The molecule has 1 aromatic carbocycles. The van der Waals surface area contributed by atoms with Crippen molar-refractivity contribution in [2.45, 2.75) is 0 Å². The second-order valence-corrected chi connectivity index (χ2v) is 2.50. The van der Waals surface area contributed by atoms with Gasteiger partial charge in [-0.25, -0.2) is 0 Å². The van der Waals surface area contributed by atoms with Crippen LogP contribution in [-0.4, -0.2) is 11.4 Å². The van der Waals surface area contributed by atoms with Gasteiger partial charge < -0.3 is 9.62 Å². The first-order valence-electron chi connectivity index (χ1n) is 3.53. The Balaban J connectivity index is 2.60. The first-order chi connectivity index (χ1) is 5.90. The molecule has 1 aromatic heterocycles. The van der Waals surface area contributed by atoms with Crippen LogP contribution in [0.5, 0.6) is 0 Å². The van der Waals surface area contributed by atoms with Gasteiger partial charge >= 0.3 is 0 Å². The van der Waals surface area contributed by atoms with Gasteiger partial charge in [0.05, 0.1) is 18.7 Å². The van der Waals surface area contributed by atoms with Crippen LogP contribution in [-0.2, 0) is 0 Å². The zero-order valence-electron chi connectivity index (χ0n) is 6.27. The number of fused-ring (bicyclic) bond motifs is 1. The molecule has 0 aliphatic rings. The van der Waals surface area contributed by atoms with Crippen molar-refractivity contribution in [1.29, 1.82) is 0 Å². The number of oxime groups is 1. The van der Waals surface area contributed by atoms with Crippen LogP contribution in [0, 0.1) is 0 Å². The quantitative estimate of drug-likeness (QED) is 0.396. The van der Waals surface area contributed by atoms with Gasteiger partial charge in [0.2, 0.25) is 0 Å². The van der Waals surface area contributed by atoms with E-state index in [2.05, 4.69) is 5.16 Å². The Bertz CT molecular complexity index is 417. The summed E-state index contributed by atoms with van der Waals surface area (Å²) < 4.78 is 4.99. The minimum atomic E-state index is 0.853. The molecule has 0 atom stereocenters. The van der Waals surface area contributed by atoms with E-state index in [9.17, 15) is 0 Å². The molecule has 0 bridgehead atoms. The second kappa shape index (κ2) is 2.70. The van der Waals surface area contributed by atoms with Crippen LogP contribution >= 0.6 is 0 Å². The number of hydrogen-bond acceptors (Lipinski definition) is 3. The summed E-state index contributed by atoms with van der Waals surface area (Å²) in [5.74, 6) is 0. The van der Waals surface area contributed by atoms with E-state index in [1.807, 2.05) is 18.2 Å².